The summed E-state index contributed by atoms with van der Waals surface area (Å²) in [5, 5.41) is 4.80. The molecule has 5 atom stereocenters. The number of carbonyl (C=O) groups is 5. The van der Waals surface area contributed by atoms with Crippen molar-refractivity contribution in [3.63, 3.8) is 0 Å². The number of hydrogen-bond donors (Lipinski definition) is 3. The Hall–Kier alpha value is -4.14. The van der Waals surface area contributed by atoms with Gasteiger partial charge in [-0.2, -0.15) is 0 Å². The van der Waals surface area contributed by atoms with E-state index >= 15 is 0 Å². The third-order valence-corrected chi connectivity index (χ3v) is 12.5. The fraction of sp³-hybridized carbons (Fsp3) is 0.639. The molecule has 51 heavy (non-hydrogen) atoms. The number of fused-ring (bicyclic) bond motifs is 3. The van der Waals surface area contributed by atoms with Crippen molar-refractivity contribution >= 4 is 39.9 Å². The maximum Gasteiger partial charge on any atom is 0.410 e. The predicted octanol–water partition coefficient (Wildman–Crippen LogP) is 3.18. The van der Waals surface area contributed by atoms with Crippen molar-refractivity contribution in [3.8, 4) is 0 Å². The zero-order chi connectivity index (χ0) is 36.3. The Kier molecular flexibility index (Phi) is 10.9. The predicted molar refractivity (Wildman–Crippen MR) is 185 cm³/mol. The van der Waals surface area contributed by atoms with Gasteiger partial charge in [0.2, 0.25) is 21.8 Å². The number of aryl methyl sites for hydroxylation is 1. The zero-order valence-electron chi connectivity index (χ0n) is 29.2. The van der Waals surface area contributed by atoms with E-state index in [4.69, 9.17) is 9.47 Å². The van der Waals surface area contributed by atoms with Crippen LogP contribution in [-0.2, 0) is 53.4 Å². The molecule has 5 aliphatic rings. The molecule has 4 bridgehead atoms. The number of sulfonamides is 1. The summed E-state index contributed by atoms with van der Waals surface area (Å²) in [4.78, 5) is 71.1. The number of alkyl carbamates (subject to hydrolysis) is 1. The van der Waals surface area contributed by atoms with Gasteiger partial charge in [-0.25, -0.2) is 18.0 Å². The maximum atomic E-state index is 14.2. The first-order valence-corrected chi connectivity index (χ1v) is 19.8. The van der Waals surface area contributed by atoms with Gasteiger partial charge < -0.3 is 25.0 Å². The van der Waals surface area contributed by atoms with Crippen molar-refractivity contribution in [2.24, 2.45) is 5.92 Å². The van der Waals surface area contributed by atoms with Crippen LogP contribution < -0.4 is 15.4 Å². The highest BCUT2D eigenvalue weighted by molar-refractivity contribution is 7.91. The molecule has 3 aliphatic heterocycles. The number of carbonyl (C=O) groups excluding carboxylic acids is 5. The van der Waals surface area contributed by atoms with Crippen LogP contribution in [0.2, 0.25) is 0 Å². The average molecular weight is 728 g/mol. The first-order chi connectivity index (χ1) is 24.5. The summed E-state index contributed by atoms with van der Waals surface area (Å²) in [5.41, 5.74) is 1.79. The van der Waals surface area contributed by atoms with Gasteiger partial charge in [0.15, 0.2) is 0 Å². The van der Waals surface area contributed by atoms with Gasteiger partial charge in [-0.3, -0.25) is 24.0 Å². The van der Waals surface area contributed by atoms with Crippen LogP contribution in [0.1, 0.15) is 94.2 Å². The quantitative estimate of drug-likeness (QED) is 0.322. The number of rotatable bonds is 9. The lowest BCUT2D eigenvalue weighted by Crippen LogP contribution is -2.58. The molecule has 0 spiro atoms. The maximum absolute atomic E-state index is 14.2. The molecular formula is C36H49N5O9S. The van der Waals surface area contributed by atoms with Crippen molar-refractivity contribution in [1.29, 1.82) is 0 Å². The van der Waals surface area contributed by atoms with Crippen LogP contribution in [0.15, 0.2) is 30.9 Å². The van der Waals surface area contributed by atoms with Gasteiger partial charge in [-0.15, -0.1) is 6.58 Å². The molecule has 5 amide bonds. The second-order valence-corrected chi connectivity index (χ2v) is 16.4. The number of cyclic esters (lactones) is 1. The average Bonchev–Trinajstić information content (AvgIpc) is 3.99. The van der Waals surface area contributed by atoms with Crippen molar-refractivity contribution in [2.45, 2.75) is 126 Å². The topological polar surface area (TPSA) is 181 Å². The minimum absolute atomic E-state index is 0.0584. The summed E-state index contributed by atoms with van der Waals surface area (Å²) in [5.74, 6) is -2.62. The van der Waals surface area contributed by atoms with E-state index in [1.807, 2.05) is 19.1 Å². The summed E-state index contributed by atoms with van der Waals surface area (Å²) in [6.07, 6.45) is 6.27. The lowest BCUT2D eigenvalue weighted by atomic mass is 9.98. The Morgan fingerprint density at radius 3 is 2.59 bits per heavy atom. The van der Waals surface area contributed by atoms with Crippen LogP contribution in [0.25, 0.3) is 0 Å². The van der Waals surface area contributed by atoms with Crippen LogP contribution in [0.3, 0.4) is 0 Å². The fourth-order valence-corrected chi connectivity index (χ4v) is 8.82. The van der Waals surface area contributed by atoms with Gasteiger partial charge in [0.05, 0.1) is 18.4 Å². The SMILES string of the molecule is C=C[C@@H]1C[C@]1(NC(=O)[C@@H]1C[C@@H]2CN1C(=O)[C@H](CCCC)NC(=O)OCCCCCCc1cccc3c1CN(C3)C(=O)O2)C(=O)NS(=O)(=O)C1CC1. The number of benzene rings is 1. The summed E-state index contributed by atoms with van der Waals surface area (Å²) in [7, 11) is -3.90. The number of nitrogens with zero attached hydrogens (tertiary/aromatic N) is 2. The second-order valence-electron chi connectivity index (χ2n) is 14.5. The second kappa shape index (κ2) is 15.2. The van der Waals surface area contributed by atoms with Gasteiger partial charge in [-0.05, 0) is 61.6 Å². The van der Waals surface area contributed by atoms with Gasteiger partial charge >= 0.3 is 12.2 Å². The van der Waals surface area contributed by atoms with E-state index in [1.54, 1.807) is 4.90 Å². The Morgan fingerprint density at radius 1 is 1.10 bits per heavy atom. The zero-order valence-corrected chi connectivity index (χ0v) is 30.0. The van der Waals surface area contributed by atoms with E-state index in [9.17, 15) is 32.4 Å². The summed E-state index contributed by atoms with van der Waals surface area (Å²) < 4.78 is 38.8. The number of unbranched alkanes of at least 4 members (excludes halogenated alkanes) is 1. The van der Waals surface area contributed by atoms with E-state index in [2.05, 4.69) is 28.0 Å². The summed E-state index contributed by atoms with van der Waals surface area (Å²) >= 11 is 0. The van der Waals surface area contributed by atoms with Crippen LogP contribution in [0.5, 0.6) is 0 Å². The highest BCUT2D eigenvalue weighted by atomic mass is 32.2. The molecule has 0 radical (unpaired) electrons. The minimum atomic E-state index is -3.90. The third kappa shape index (κ3) is 8.18. The van der Waals surface area contributed by atoms with Crippen LogP contribution in [0.4, 0.5) is 9.59 Å². The molecule has 278 valence electrons. The van der Waals surface area contributed by atoms with Crippen LogP contribution >= 0.6 is 0 Å². The molecule has 2 saturated carbocycles. The van der Waals surface area contributed by atoms with Gasteiger partial charge in [0, 0.05) is 25.4 Å². The molecule has 3 fully saturated rings. The van der Waals surface area contributed by atoms with E-state index in [0.29, 0.717) is 38.8 Å². The molecule has 2 aliphatic carbocycles. The lowest BCUT2D eigenvalue weighted by molar-refractivity contribution is -0.141. The largest absolute Gasteiger partial charge is 0.450 e. The number of amides is 5. The third-order valence-electron chi connectivity index (χ3n) is 10.7. The monoisotopic (exact) mass is 727 g/mol. The highest BCUT2D eigenvalue weighted by Gasteiger charge is 2.62. The first-order valence-electron chi connectivity index (χ1n) is 18.2. The minimum Gasteiger partial charge on any atom is -0.450 e. The van der Waals surface area contributed by atoms with Crippen molar-refractivity contribution in [2.75, 3.05) is 13.2 Å². The molecule has 1 aromatic carbocycles. The normalized spacial score (nSPS) is 28.6. The first kappa shape index (κ1) is 36.6. The summed E-state index contributed by atoms with van der Waals surface area (Å²) in [6, 6.07) is 3.89. The Morgan fingerprint density at radius 2 is 1.86 bits per heavy atom. The van der Waals surface area contributed by atoms with Gasteiger partial charge in [0.25, 0.3) is 5.91 Å². The van der Waals surface area contributed by atoms with E-state index in [-0.39, 0.29) is 32.4 Å². The molecule has 6 rings (SSSR count). The van der Waals surface area contributed by atoms with Crippen molar-refractivity contribution in [3.05, 3.63) is 47.5 Å². The molecule has 3 N–H and O–H groups in total. The lowest BCUT2D eigenvalue weighted by Gasteiger charge is -2.29. The van der Waals surface area contributed by atoms with Crippen molar-refractivity contribution in [1.82, 2.24) is 25.2 Å². The molecule has 1 aromatic rings. The van der Waals surface area contributed by atoms with E-state index < -0.39 is 74.8 Å². The number of ether oxygens (including phenoxy) is 2. The molecular weight excluding hydrogens is 678 g/mol. The highest BCUT2D eigenvalue weighted by Crippen LogP contribution is 2.45. The fourth-order valence-electron chi connectivity index (χ4n) is 7.45. The molecule has 14 nitrogen and oxygen atoms in total. The van der Waals surface area contributed by atoms with Crippen molar-refractivity contribution < 1.29 is 41.9 Å². The molecule has 0 aromatic heterocycles. The standard InChI is InChI=1S/C36H49N5O9S/c1-3-5-14-29-32(43)41-21-26(18-30(41)31(42)38-36(19-25(36)4-2)33(44)39-51(47,48)27-15-16-27)50-35(46)40-20-24-13-10-12-23(28(24)22-40)11-8-6-7-9-17-49-34(45)37-29/h4,10,12-13,25-27,29-30H,2-3,5-9,11,14-22H2,1H3,(H,37,45)(H,38,42)(H,39,44)/t25-,26-,29+,30+,36-/m1/s1. The molecule has 1 saturated heterocycles. The van der Waals surface area contributed by atoms with Crippen LogP contribution in [0, 0.1) is 5.92 Å². The smallest absolute Gasteiger partial charge is 0.410 e. The number of nitrogens with one attached hydrogen (secondary N) is 3. The molecule has 3 heterocycles. The van der Waals surface area contributed by atoms with Gasteiger partial charge in [0.1, 0.15) is 23.7 Å². The van der Waals surface area contributed by atoms with Gasteiger partial charge in [-0.1, -0.05) is 56.9 Å². The van der Waals surface area contributed by atoms with E-state index in [0.717, 1.165) is 43.2 Å². The van der Waals surface area contributed by atoms with Crippen LogP contribution in [-0.4, -0.2) is 90.3 Å². The Balaban J connectivity index is 1.24. The summed E-state index contributed by atoms with van der Waals surface area (Å²) in [6.45, 7) is 6.57. The molecule has 15 heteroatoms. The number of hydrogen-bond acceptors (Lipinski definition) is 9. The molecule has 0 unspecified atom stereocenters. The van der Waals surface area contributed by atoms with E-state index in [1.165, 1.54) is 16.5 Å². The Bertz CT molecular complexity index is 1660. The Labute approximate surface area is 299 Å².